The summed E-state index contributed by atoms with van der Waals surface area (Å²) in [5.41, 5.74) is 6.93. The van der Waals surface area contributed by atoms with Gasteiger partial charge in [-0.3, -0.25) is 10.1 Å². The number of benzene rings is 1. The van der Waals surface area contributed by atoms with Gasteiger partial charge in [0.25, 0.3) is 5.91 Å². The molecule has 1 aromatic carbocycles. The van der Waals surface area contributed by atoms with Crippen molar-refractivity contribution in [3.63, 3.8) is 0 Å². The summed E-state index contributed by atoms with van der Waals surface area (Å²) >= 11 is 0. The molecule has 16 heavy (non-hydrogen) atoms. The van der Waals surface area contributed by atoms with Crippen molar-refractivity contribution >= 4 is 11.9 Å². The number of carbonyl (C=O) groups is 2. The van der Waals surface area contributed by atoms with Crippen LogP contribution in [0.15, 0.2) is 30.3 Å². The van der Waals surface area contributed by atoms with Gasteiger partial charge in [0.15, 0.2) is 0 Å². The van der Waals surface area contributed by atoms with E-state index in [-0.39, 0.29) is 5.91 Å². The summed E-state index contributed by atoms with van der Waals surface area (Å²) in [5, 5.41) is 4.66. The van der Waals surface area contributed by atoms with Crippen molar-refractivity contribution in [1.29, 1.82) is 0 Å². The summed E-state index contributed by atoms with van der Waals surface area (Å²) in [6.07, 6.45) is 0.555. The zero-order valence-corrected chi connectivity index (χ0v) is 8.64. The average Bonchev–Trinajstić information content (AvgIpc) is 2.59. The first-order valence-electron chi connectivity index (χ1n) is 5.07. The van der Waals surface area contributed by atoms with E-state index in [2.05, 4.69) is 10.6 Å². The molecule has 0 spiro atoms. The average molecular weight is 219 g/mol. The van der Waals surface area contributed by atoms with Crippen LogP contribution in [0.5, 0.6) is 0 Å². The molecular weight excluding hydrogens is 206 g/mol. The van der Waals surface area contributed by atoms with Gasteiger partial charge in [0.05, 0.1) is 0 Å². The lowest BCUT2D eigenvalue weighted by molar-refractivity contribution is -0.120. The molecule has 0 saturated carbocycles. The van der Waals surface area contributed by atoms with E-state index in [1.807, 2.05) is 30.3 Å². The third-order valence-corrected chi connectivity index (χ3v) is 2.55. The highest BCUT2D eigenvalue weighted by molar-refractivity contribution is 6.04. The molecular formula is C11H13N3O2. The first kappa shape index (κ1) is 10.6. The molecule has 2 rings (SSSR count). The number of amides is 3. The van der Waals surface area contributed by atoms with Gasteiger partial charge >= 0.3 is 6.03 Å². The second-order valence-electron chi connectivity index (χ2n) is 3.79. The second kappa shape index (κ2) is 4.32. The molecule has 0 radical (unpaired) electrons. The Morgan fingerprint density at radius 3 is 2.50 bits per heavy atom. The van der Waals surface area contributed by atoms with Crippen molar-refractivity contribution in [2.75, 3.05) is 0 Å². The van der Waals surface area contributed by atoms with E-state index in [1.165, 1.54) is 0 Å². The normalized spacial score (nSPS) is 21.4. The van der Waals surface area contributed by atoms with Gasteiger partial charge in [-0.1, -0.05) is 30.3 Å². The molecule has 3 amide bonds. The largest absolute Gasteiger partial charge is 0.325 e. The van der Waals surface area contributed by atoms with E-state index in [9.17, 15) is 9.59 Å². The highest BCUT2D eigenvalue weighted by Crippen LogP contribution is 2.06. The SMILES string of the molecule is NC(Cc1ccccc1)C1NC(=O)NC1=O. The van der Waals surface area contributed by atoms with Crippen molar-refractivity contribution < 1.29 is 9.59 Å². The van der Waals surface area contributed by atoms with Gasteiger partial charge in [-0.15, -0.1) is 0 Å². The van der Waals surface area contributed by atoms with Crippen LogP contribution in [0, 0.1) is 0 Å². The van der Waals surface area contributed by atoms with Crippen molar-refractivity contribution in [2.45, 2.75) is 18.5 Å². The van der Waals surface area contributed by atoms with E-state index in [0.717, 1.165) is 5.56 Å². The minimum Gasteiger partial charge on any atom is -0.325 e. The van der Waals surface area contributed by atoms with Crippen LogP contribution in [0.25, 0.3) is 0 Å². The Bertz CT molecular complexity index is 405. The van der Waals surface area contributed by atoms with Gasteiger partial charge in [-0.05, 0) is 12.0 Å². The molecule has 1 aliphatic heterocycles. The Morgan fingerprint density at radius 1 is 1.25 bits per heavy atom. The molecule has 1 aromatic rings. The number of carbonyl (C=O) groups excluding carboxylic acids is 2. The fourth-order valence-electron chi connectivity index (χ4n) is 1.74. The van der Waals surface area contributed by atoms with Gasteiger partial charge in [0.1, 0.15) is 6.04 Å². The van der Waals surface area contributed by atoms with Gasteiger partial charge in [-0.2, -0.15) is 0 Å². The molecule has 1 aliphatic rings. The van der Waals surface area contributed by atoms with E-state index < -0.39 is 18.1 Å². The lowest BCUT2D eigenvalue weighted by Gasteiger charge is -2.16. The van der Waals surface area contributed by atoms with Crippen LogP contribution in [0.4, 0.5) is 4.79 Å². The van der Waals surface area contributed by atoms with Crippen molar-refractivity contribution in [2.24, 2.45) is 5.73 Å². The number of nitrogens with two attached hydrogens (primary N) is 1. The molecule has 0 bridgehead atoms. The van der Waals surface area contributed by atoms with E-state index >= 15 is 0 Å². The van der Waals surface area contributed by atoms with Crippen LogP contribution in [-0.2, 0) is 11.2 Å². The highest BCUT2D eigenvalue weighted by atomic mass is 16.2. The first-order valence-corrected chi connectivity index (χ1v) is 5.07. The summed E-state index contributed by atoms with van der Waals surface area (Å²) in [6, 6.07) is 8.10. The molecule has 4 N–H and O–H groups in total. The van der Waals surface area contributed by atoms with E-state index in [0.29, 0.717) is 6.42 Å². The molecule has 5 nitrogen and oxygen atoms in total. The number of nitrogens with one attached hydrogen (secondary N) is 2. The first-order chi connectivity index (χ1) is 7.66. The molecule has 2 unspecified atom stereocenters. The summed E-state index contributed by atoms with van der Waals surface area (Å²) in [7, 11) is 0. The summed E-state index contributed by atoms with van der Waals surface area (Å²) in [5.74, 6) is -0.353. The zero-order valence-electron chi connectivity index (χ0n) is 8.64. The number of rotatable bonds is 3. The second-order valence-corrected chi connectivity index (χ2v) is 3.79. The van der Waals surface area contributed by atoms with Crippen molar-refractivity contribution in [1.82, 2.24) is 10.6 Å². The number of hydrogen-bond acceptors (Lipinski definition) is 3. The number of hydrogen-bond donors (Lipinski definition) is 3. The summed E-state index contributed by atoms with van der Waals surface area (Å²) in [4.78, 5) is 22.3. The molecule has 1 saturated heterocycles. The van der Waals surface area contributed by atoms with Crippen LogP contribution in [0.1, 0.15) is 5.56 Å². The Morgan fingerprint density at radius 2 is 1.94 bits per heavy atom. The minimum absolute atomic E-state index is 0.353. The van der Waals surface area contributed by atoms with Crippen molar-refractivity contribution in [3.8, 4) is 0 Å². The van der Waals surface area contributed by atoms with Crippen LogP contribution >= 0.6 is 0 Å². The fraction of sp³-hybridized carbons (Fsp3) is 0.273. The monoisotopic (exact) mass is 219 g/mol. The quantitative estimate of drug-likeness (QED) is 0.614. The minimum atomic E-state index is -0.632. The fourth-order valence-corrected chi connectivity index (χ4v) is 1.74. The van der Waals surface area contributed by atoms with Gasteiger partial charge < -0.3 is 11.1 Å². The molecule has 2 atom stereocenters. The third-order valence-electron chi connectivity index (χ3n) is 2.55. The predicted octanol–water partition coefficient (Wildman–Crippen LogP) is -0.236. The van der Waals surface area contributed by atoms with Gasteiger partial charge in [0.2, 0.25) is 0 Å². The maximum Gasteiger partial charge on any atom is 0.322 e. The summed E-state index contributed by atoms with van der Waals surface area (Å²) < 4.78 is 0. The molecule has 5 heteroatoms. The van der Waals surface area contributed by atoms with Crippen LogP contribution in [0.3, 0.4) is 0 Å². The van der Waals surface area contributed by atoms with Crippen LogP contribution in [-0.4, -0.2) is 24.0 Å². The van der Waals surface area contributed by atoms with Gasteiger partial charge in [0, 0.05) is 6.04 Å². The predicted molar refractivity (Wildman–Crippen MR) is 58.6 cm³/mol. The Kier molecular flexibility index (Phi) is 2.87. The van der Waals surface area contributed by atoms with E-state index in [4.69, 9.17) is 5.73 Å². The summed E-state index contributed by atoms with van der Waals surface area (Å²) in [6.45, 7) is 0. The smallest absolute Gasteiger partial charge is 0.322 e. The Hall–Kier alpha value is -1.88. The number of imide groups is 1. The van der Waals surface area contributed by atoms with Crippen LogP contribution in [0.2, 0.25) is 0 Å². The van der Waals surface area contributed by atoms with Crippen LogP contribution < -0.4 is 16.4 Å². The lowest BCUT2D eigenvalue weighted by atomic mass is 10.0. The Balaban J connectivity index is 2.01. The molecule has 0 aliphatic carbocycles. The Labute approximate surface area is 93.0 Å². The third kappa shape index (κ3) is 2.20. The highest BCUT2D eigenvalue weighted by Gasteiger charge is 2.34. The maximum absolute atomic E-state index is 11.3. The van der Waals surface area contributed by atoms with E-state index in [1.54, 1.807) is 0 Å². The molecule has 1 heterocycles. The lowest BCUT2D eigenvalue weighted by Crippen LogP contribution is -2.47. The molecule has 1 fully saturated rings. The molecule has 0 aromatic heterocycles. The zero-order chi connectivity index (χ0) is 11.5. The maximum atomic E-state index is 11.3. The van der Waals surface area contributed by atoms with Crippen molar-refractivity contribution in [3.05, 3.63) is 35.9 Å². The van der Waals surface area contributed by atoms with Gasteiger partial charge in [-0.25, -0.2) is 4.79 Å². The number of urea groups is 1. The molecule has 84 valence electrons. The topological polar surface area (TPSA) is 84.2 Å². The standard InChI is InChI=1S/C11H13N3O2/c12-8(6-7-4-2-1-3-5-7)9-10(15)14-11(16)13-9/h1-5,8-9H,6,12H2,(H2,13,14,15,16).